The van der Waals surface area contributed by atoms with Crippen LogP contribution < -0.4 is 10.2 Å². The van der Waals surface area contributed by atoms with Crippen LogP contribution >= 0.6 is 7.82 Å². The molecule has 0 saturated heterocycles. The summed E-state index contributed by atoms with van der Waals surface area (Å²) in [6.45, 7) is 4.60. The van der Waals surface area contributed by atoms with E-state index >= 15 is 0 Å². The summed E-state index contributed by atoms with van der Waals surface area (Å²) in [6.07, 6.45) is 35.5. The lowest BCUT2D eigenvalue weighted by Gasteiger charge is -2.29. The summed E-state index contributed by atoms with van der Waals surface area (Å²) in [5, 5.41) is 13.6. The van der Waals surface area contributed by atoms with Gasteiger partial charge >= 0.3 is 0 Å². The van der Waals surface area contributed by atoms with E-state index in [2.05, 4.69) is 19.2 Å². The van der Waals surface area contributed by atoms with Gasteiger partial charge in [0.2, 0.25) is 5.91 Å². The molecule has 0 spiro atoms. The first-order valence-corrected chi connectivity index (χ1v) is 22.0. The Kier molecular flexibility index (Phi) is 32.6. The molecular formula is C40H81N2O6P. The average molecular weight is 717 g/mol. The number of aliphatic hydroxyl groups excluding tert-OH is 1. The number of likely N-dealkylation sites (N-methyl/N-ethyl adjacent to an activating group) is 1. The van der Waals surface area contributed by atoms with E-state index < -0.39 is 20.0 Å². The smallest absolute Gasteiger partial charge is 0.268 e. The highest BCUT2D eigenvalue weighted by atomic mass is 31.2. The van der Waals surface area contributed by atoms with Crippen LogP contribution in [-0.2, 0) is 18.4 Å². The van der Waals surface area contributed by atoms with Gasteiger partial charge in [-0.1, -0.05) is 174 Å². The topological polar surface area (TPSA) is 108 Å². The molecule has 0 aliphatic carbocycles. The summed E-state index contributed by atoms with van der Waals surface area (Å²) in [5.41, 5.74) is 0. The van der Waals surface area contributed by atoms with Crippen LogP contribution in [0.5, 0.6) is 0 Å². The molecule has 0 radical (unpaired) electrons. The fourth-order valence-electron chi connectivity index (χ4n) is 5.92. The van der Waals surface area contributed by atoms with Gasteiger partial charge in [-0.3, -0.25) is 9.36 Å². The van der Waals surface area contributed by atoms with E-state index in [4.69, 9.17) is 9.05 Å². The molecule has 0 aliphatic rings. The number of phosphoric ester groups is 1. The highest BCUT2D eigenvalue weighted by molar-refractivity contribution is 7.45. The first-order chi connectivity index (χ1) is 23.5. The third-order valence-electron chi connectivity index (χ3n) is 9.25. The molecule has 292 valence electrons. The number of hydrogen-bond acceptors (Lipinski definition) is 6. The molecule has 2 N–H and O–H groups in total. The number of allylic oxidation sites excluding steroid dienone is 1. The van der Waals surface area contributed by atoms with Crippen molar-refractivity contribution in [3.63, 3.8) is 0 Å². The molecule has 0 aromatic heterocycles. The third-order valence-corrected chi connectivity index (χ3v) is 10.2. The fraction of sp³-hybridized carbons (Fsp3) is 0.925. The maximum Gasteiger partial charge on any atom is 0.268 e. The monoisotopic (exact) mass is 717 g/mol. The molecule has 0 aromatic rings. The van der Waals surface area contributed by atoms with Crippen molar-refractivity contribution in [2.75, 3.05) is 40.9 Å². The molecule has 8 nitrogen and oxygen atoms in total. The molecule has 0 heterocycles. The molecule has 0 aliphatic heterocycles. The number of unbranched alkanes of at least 4 members (excludes halogenated alkanes) is 24. The van der Waals surface area contributed by atoms with Crippen LogP contribution in [0.15, 0.2) is 12.2 Å². The molecular weight excluding hydrogens is 635 g/mol. The van der Waals surface area contributed by atoms with Gasteiger partial charge in [0.15, 0.2) is 0 Å². The van der Waals surface area contributed by atoms with E-state index in [1.807, 2.05) is 27.2 Å². The van der Waals surface area contributed by atoms with Crippen molar-refractivity contribution in [2.45, 2.75) is 199 Å². The van der Waals surface area contributed by atoms with E-state index in [9.17, 15) is 19.4 Å². The van der Waals surface area contributed by atoms with Crippen molar-refractivity contribution in [1.29, 1.82) is 0 Å². The Hall–Kier alpha value is -0.760. The van der Waals surface area contributed by atoms with Crippen LogP contribution in [0.4, 0.5) is 0 Å². The van der Waals surface area contributed by atoms with Crippen molar-refractivity contribution in [1.82, 2.24) is 5.32 Å². The molecule has 0 fully saturated rings. The molecule has 49 heavy (non-hydrogen) atoms. The van der Waals surface area contributed by atoms with E-state index in [0.29, 0.717) is 17.4 Å². The SMILES string of the molecule is CCCCCCCC/C=C/C(O)C(COP(=O)([O-])OCC[N+](C)(C)C)NC(=O)CCCCCCCCCCCCCCCCCCCCC. The number of rotatable bonds is 37. The predicted molar refractivity (Wildman–Crippen MR) is 205 cm³/mol. The largest absolute Gasteiger partial charge is 0.756 e. The second-order valence-corrected chi connectivity index (χ2v) is 16.8. The van der Waals surface area contributed by atoms with Gasteiger partial charge in [-0.15, -0.1) is 0 Å². The summed E-state index contributed by atoms with van der Waals surface area (Å²) in [6, 6.07) is -0.877. The summed E-state index contributed by atoms with van der Waals surface area (Å²) in [5.74, 6) is -0.198. The number of aliphatic hydroxyl groups is 1. The highest BCUT2D eigenvalue weighted by Crippen LogP contribution is 2.38. The Morgan fingerprint density at radius 1 is 0.694 bits per heavy atom. The number of carbonyl (C=O) groups excluding carboxylic acids is 1. The molecule has 0 aromatic carbocycles. The Morgan fingerprint density at radius 3 is 1.53 bits per heavy atom. The molecule has 0 rings (SSSR count). The molecule has 0 bridgehead atoms. The van der Waals surface area contributed by atoms with Crippen molar-refractivity contribution >= 4 is 13.7 Å². The van der Waals surface area contributed by atoms with Gasteiger partial charge in [-0.05, 0) is 19.3 Å². The molecule has 3 atom stereocenters. The Labute approximate surface area is 303 Å². The second kappa shape index (κ2) is 33.1. The minimum absolute atomic E-state index is 0.00141. The van der Waals surface area contributed by atoms with Gasteiger partial charge in [0.05, 0.1) is 39.9 Å². The fourth-order valence-corrected chi connectivity index (χ4v) is 6.64. The Morgan fingerprint density at radius 2 is 1.10 bits per heavy atom. The molecule has 0 saturated carbocycles. The van der Waals surface area contributed by atoms with Gasteiger partial charge < -0.3 is 28.8 Å². The van der Waals surface area contributed by atoms with Gasteiger partial charge in [0, 0.05) is 6.42 Å². The number of carbonyl (C=O) groups is 1. The summed E-state index contributed by atoms with van der Waals surface area (Å²) in [4.78, 5) is 25.1. The van der Waals surface area contributed by atoms with Crippen molar-refractivity contribution in [3.8, 4) is 0 Å². The summed E-state index contributed by atoms with van der Waals surface area (Å²) < 4.78 is 23.1. The zero-order chi connectivity index (χ0) is 36.5. The quantitative estimate of drug-likeness (QED) is 0.0287. The van der Waals surface area contributed by atoms with Gasteiger partial charge in [-0.25, -0.2) is 0 Å². The maximum atomic E-state index is 12.8. The van der Waals surface area contributed by atoms with Gasteiger partial charge in [-0.2, -0.15) is 0 Å². The Bertz CT molecular complexity index is 819. The van der Waals surface area contributed by atoms with Gasteiger partial charge in [0.1, 0.15) is 13.2 Å². The van der Waals surface area contributed by atoms with Crippen LogP contribution in [-0.4, -0.2) is 68.5 Å². The van der Waals surface area contributed by atoms with Crippen LogP contribution in [0.1, 0.15) is 187 Å². The van der Waals surface area contributed by atoms with E-state index in [1.54, 1.807) is 6.08 Å². The van der Waals surface area contributed by atoms with Gasteiger partial charge in [0.25, 0.3) is 7.82 Å². The Balaban J connectivity index is 4.26. The minimum Gasteiger partial charge on any atom is -0.756 e. The molecule has 9 heteroatoms. The standard InChI is InChI=1S/C40H81N2O6P/c1-6-8-10-12-14-16-17-18-19-20-21-22-23-24-25-26-28-30-32-34-40(44)41-38(37-48-49(45,46)47-36-35-42(3,4)5)39(43)33-31-29-27-15-13-11-9-7-2/h31,33,38-39,43H,6-30,32,34-37H2,1-5H3,(H-,41,44,45,46)/b33-31+. The normalized spacial score (nSPS) is 14.7. The number of hydrogen-bond donors (Lipinski definition) is 2. The number of phosphoric acid groups is 1. The lowest BCUT2D eigenvalue weighted by molar-refractivity contribution is -0.870. The van der Waals surface area contributed by atoms with E-state index in [0.717, 1.165) is 38.5 Å². The number of amides is 1. The molecule has 3 unspecified atom stereocenters. The van der Waals surface area contributed by atoms with Crippen molar-refractivity contribution < 1.29 is 32.9 Å². The first kappa shape index (κ1) is 48.2. The average Bonchev–Trinajstić information content (AvgIpc) is 3.04. The van der Waals surface area contributed by atoms with Crippen molar-refractivity contribution in [3.05, 3.63) is 12.2 Å². The lowest BCUT2D eigenvalue weighted by Crippen LogP contribution is -2.45. The lowest BCUT2D eigenvalue weighted by atomic mass is 10.0. The first-order valence-electron chi connectivity index (χ1n) is 20.6. The summed E-state index contributed by atoms with van der Waals surface area (Å²) in [7, 11) is 1.26. The third kappa shape index (κ3) is 35.4. The predicted octanol–water partition coefficient (Wildman–Crippen LogP) is 10.2. The van der Waals surface area contributed by atoms with Crippen LogP contribution in [0.3, 0.4) is 0 Å². The van der Waals surface area contributed by atoms with E-state index in [1.165, 1.54) is 128 Å². The minimum atomic E-state index is -4.57. The number of nitrogens with one attached hydrogen (secondary N) is 1. The second-order valence-electron chi connectivity index (χ2n) is 15.4. The number of nitrogens with zero attached hydrogens (tertiary/aromatic N) is 1. The highest BCUT2D eigenvalue weighted by Gasteiger charge is 2.23. The zero-order valence-electron chi connectivity index (χ0n) is 32.9. The van der Waals surface area contributed by atoms with E-state index in [-0.39, 0.29) is 19.1 Å². The zero-order valence-corrected chi connectivity index (χ0v) is 33.8. The maximum absolute atomic E-state index is 12.8. The van der Waals surface area contributed by atoms with Crippen LogP contribution in [0, 0.1) is 0 Å². The summed E-state index contributed by atoms with van der Waals surface area (Å²) >= 11 is 0. The number of quaternary nitrogens is 1. The molecule has 1 amide bonds. The van der Waals surface area contributed by atoms with Crippen molar-refractivity contribution in [2.24, 2.45) is 0 Å². The van der Waals surface area contributed by atoms with Crippen LogP contribution in [0.2, 0.25) is 0 Å². The van der Waals surface area contributed by atoms with Crippen LogP contribution in [0.25, 0.3) is 0 Å².